The van der Waals surface area contributed by atoms with E-state index in [4.69, 9.17) is 10.5 Å². The molecule has 3 aliphatic carbocycles. The van der Waals surface area contributed by atoms with Gasteiger partial charge in [-0.2, -0.15) is 0 Å². The zero-order chi connectivity index (χ0) is 47.1. The van der Waals surface area contributed by atoms with Crippen molar-refractivity contribution in [2.45, 2.75) is 136 Å². The number of aryl methyl sites for hydroxylation is 1. The number of β-amino-alcohol motifs (C(OH)–C–C–N with tert-alkyl or cyclic N) is 1. The molecule has 7 N–H and O–H groups in total. The van der Waals surface area contributed by atoms with Crippen LogP contribution in [0, 0.1) is 23.2 Å². The number of nitrogens with two attached hydrogens (primary N) is 1. The summed E-state index contributed by atoms with van der Waals surface area (Å²) >= 11 is 1.58. The summed E-state index contributed by atoms with van der Waals surface area (Å²) in [6, 6.07) is 14.9. The number of aliphatic hydroxyl groups is 1. The van der Waals surface area contributed by atoms with Crippen molar-refractivity contribution >= 4 is 40.8 Å². The van der Waals surface area contributed by atoms with Gasteiger partial charge in [-0.15, -0.1) is 21.5 Å². The second-order valence-electron chi connectivity index (χ2n) is 20.0. The van der Waals surface area contributed by atoms with Crippen LogP contribution in [-0.4, -0.2) is 91.8 Å². The second-order valence-corrected chi connectivity index (χ2v) is 20.9. The number of thiazole rings is 1. The first-order valence-corrected chi connectivity index (χ1v) is 24.3. The number of nitrogen functional groups attached to an aromatic ring is 1. The molecule has 16 heteroatoms. The minimum absolute atomic E-state index is 0.0283. The van der Waals surface area contributed by atoms with Crippen LogP contribution in [0.15, 0.2) is 60.1 Å². The topological polar surface area (TPSA) is 222 Å². The van der Waals surface area contributed by atoms with E-state index in [9.17, 15) is 29.4 Å². The normalized spacial score (nSPS) is 21.3. The minimum Gasteiger partial charge on any atom is -0.507 e. The van der Waals surface area contributed by atoms with Gasteiger partial charge in [0.1, 0.15) is 23.5 Å². The van der Waals surface area contributed by atoms with E-state index in [1.54, 1.807) is 35.6 Å². The number of benzene rings is 2. The third-order valence-electron chi connectivity index (χ3n) is 13.4. The summed E-state index contributed by atoms with van der Waals surface area (Å²) < 4.78 is 6.11. The van der Waals surface area contributed by atoms with E-state index >= 15 is 0 Å². The van der Waals surface area contributed by atoms with Crippen LogP contribution in [0.1, 0.15) is 115 Å². The van der Waals surface area contributed by atoms with Crippen molar-refractivity contribution in [2.24, 2.45) is 16.2 Å². The first-order chi connectivity index (χ1) is 31.5. The summed E-state index contributed by atoms with van der Waals surface area (Å²) in [6.07, 6.45) is 9.52. The fourth-order valence-electron chi connectivity index (χ4n) is 9.97. The number of aromatic nitrogens is 3. The van der Waals surface area contributed by atoms with Crippen LogP contribution in [0.4, 0.5) is 5.82 Å². The Kier molecular flexibility index (Phi) is 15.3. The molecule has 1 aliphatic heterocycles. The van der Waals surface area contributed by atoms with E-state index in [2.05, 4.69) is 31.1 Å². The van der Waals surface area contributed by atoms with Crippen molar-refractivity contribution in [3.05, 3.63) is 71.4 Å². The predicted octanol–water partition coefficient (Wildman–Crippen LogP) is 6.85. The Bertz CT molecular complexity index is 2330. The van der Waals surface area contributed by atoms with Crippen LogP contribution in [-0.2, 0) is 25.7 Å². The third-order valence-corrected chi connectivity index (χ3v) is 14.4. The highest BCUT2D eigenvalue weighted by atomic mass is 32.1. The fraction of sp³-hybridized carbons (Fsp3) is 0.540. The Morgan fingerprint density at radius 2 is 1.58 bits per heavy atom. The summed E-state index contributed by atoms with van der Waals surface area (Å²) in [5.74, 6) is -0.0431. The number of unbranched alkanes of at least 4 members (excludes halogenated alkanes) is 6. The molecule has 4 aliphatic rings. The van der Waals surface area contributed by atoms with Crippen LogP contribution in [0.3, 0.4) is 0 Å². The number of hydrogen-bond donors (Lipinski definition) is 6. The number of nitrogens with zero attached hydrogens (tertiary/aromatic N) is 4. The molecule has 3 atom stereocenters. The van der Waals surface area contributed by atoms with Crippen molar-refractivity contribution < 1.29 is 34.1 Å². The number of ether oxygens (including phenoxy) is 1. The average Bonchev–Trinajstić information content (AvgIpc) is 3.88. The van der Waals surface area contributed by atoms with Gasteiger partial charge in [-0.3, -0.25) is 19.2 Å². The van der Waals surface area contributed by atoms with Crippen LogP contribution >= 0.6 is 11.3 Å². The molecular weight excluding hydrogens is 857 g/mol. The Morgan fingerprint density at radius 1 is 0.909 bits per heavy atom. The smallest absolute Gasteiger partial charge is 0.246 e. The number of rotatable bonds is 22. The third kappa shape index (κ3) is 11.9. The number of aromatic hydroxyl groups is 1. The lowest BCUT2D eigenvalue weighted by molar-refractivity contribution is -0.215. The molecule has 0 unspecified atom stereocenters. The lowest BCUT2D eigenvalue weighted by Gasteiger charge is -2.70. The quantitative estimate of drug-likeness (QED) is 0.0448. The predicted molar refractivity (Wildman–Crippen MR) is 254 cm³/mol. The van der Waals surface area contributed by atoms with Crippen LogP contribution in [0.2, 0.25) is 0 Å². The maximum Gasteiger partial charge on any atom is 0.246 e. The minimum atomic E-state index is -0.857. The fourth-order valence-corrected chi connectivity index (χ4v) is 10.8. The van der Waals surface area contributed by atoms with Gasteiger partial charge in [0, 0.05) is 55.9 Å². The number of anilines is 1. The lowest BCUT2D eigenvalue weighted by atomic mass is 9.35. The molecule has 1 saturated heterocycles. The van der Waals surface area contributed by atoms with E-state index in [0.29, 0.717) is 49.4 Å². The Hall–Kier alpha value is -5.61. The highest BCUT2D eigenvalue weighted by Gasteiger charge is 2.67. The number of aliphatic hydroxyl groups excluding tert-OH is 1. The van der Waals surface area contributed by atoms with Gasteiger partial charge in [-0.25, -0.2) is 4.98 Å². The Balaban J connectivity index is 0.735. The number of amides is 4. The molecular formula is C50H66N8O7S. The Morgan fingerprint density at radius 3 is 2.23 bits per heavy atom. The van der Waals surface area contributed by atoms with Gasteiger partial charge >= 0.3 is 0 Å². The van der Waals surface area contributed by atoms with Crippen molar-refractivity contribution in [3.63, 3.8) is 0 Å². The highest BCUT2D eigenvalue weighted by molar-refractivity contribution is 7.13. The van der Waals surface area contributed by atoms with Gasteiger partial charge in [0.2, 0.25) is 23.6 Å². The number of para-hydroxylation sites is 1. The van der Waals surface area contributed by atoms with Crippen molar-refractivity contribution in [2.75, 3.05) is 25.4 Å². The molecule has 0 spiro atoms. The summed E-state index contributed by atoms with van der Waals surface area (Å²) in [4.78, 5) is 60.1. The molecule has 354 valence electrons. The Labute approximate surface area is 391 Å². The van der Waals surface area contributed by atoms with Crippen LogP contribution in [0.5, 0.6) is 11.5 Å². The summed E-state index contributed by atoms with van der Waals surface area (Å²) in [7, 11) is 0. The van der Waals surface area contributed by atoms with E-state index in [1.807, 2.05) is 63.5 Å². The molecule has 2 aromatic carbocycles. The van der Waals surface area contributed by atoms with Crippen LogP contribution < -0.4 is 26.4 Å². The van der Waals surface area contributed by atoms with Gasteiger partial charge in [0.05, 0.1) is 28.8 Å². The number of carbonyl (C=O) groups is 4. The molecule has 2 bridgehead atoms. The second kappa shape index (κ2) is 20.9. The van der Waals surface area contributed by atoms with Gasteiger partial charge in [0.25, 0.3) is 0 Å². The zero-order valence-corrected chi connectivity index (χ0v) is 39.6. The number of phenols is 1. The van der Waals surface area contributed by atoms with E-state index in [-0.39, 0.29) is 65.5 Å². The molecule has 4 fully saturated rings. The molecule has 4 aromatic rings. The maximum atomic E-state index is 14.0. The zero-order valence-electron chi connectivity index (χ0n) is 38.7. The van der Waals surface area contributed by atoms with Crippen LogP contribution in [0.25, 0.3) is 21.7 Å². The maximum absolute atomic E-state index is 14.0. The molecule has 2 aromatic heterocycles. The van der Waals surface area contributed by atoms with Gasteiger partial charge in [0.15, 0.2) is 11.6 Å². The molecule has 0 radical (unpaired) electrons. The molecule has 8 rings (SSSR count). The first kappa shape index (κ1) is 48.3. The van der Waals surface area contributed by atoms with Crippen molar-refractivity contribution in [3.8, 4) is 33.2 Å². The molecule has 3 saturated carbocycles. The molecule has 3 heterocycles. The first-order valence-electron chi connectivity index (χ1n) is 23.4. The number of carbonyl (C=O) groups excluding carboxylic acids is 4. The molecule has 66 heavy (non-hydrogen) atoms. The van der Waals surface area contributed by atoms with Gasteiger partial charge in [-0.05, 0) is 73.1 Å². The average molecular weight is 923 g/mol. The van der Waals surface area contributed by atoms with Gasteiger partial charge < -0.3 is 41.5 Å². The van der Waals surface area contributed by atoms with Gasteiger partial charge in [-0.1, -0.05) is 89.3 Å². The number of hydrogen-bond acceptors (Lipinski definition) is 12. The number of phenolic OH excluding ortho intramolecular Hbond substituents is 1. The van der Waals surface area contributed by atoms with Crippen molar-refractivity contribution in [1.29, 1.82) is 0 Å². The van der Waals surface area contributed by atoms with E-state index in [0.717, 1.165) is 79.5 Å². The highest BCUT2D eigenvalue weighted by Crippen LogP contribution is 2.73. The summed E-state index contributed by atoms with van der Waals surface area (Å²) in [5.41, 5.74) is 11.5. The lowest BCUT2D eigenvalue weighted by Crippen LogP contribution is -2.67. The standard InChI is InChI=1S/C50H66N8O7S/c1-32-43(66-31-54-32)34-20-18-33(19-21-34)24-52-46(63)38-22-35(59)25-58(38)47(64)44(48(2,3)4)55-42(62)17-11-9-7-5-6-8-10-16-41(61)53-29-49-26-50(27-49,28-49)30-65-40-23-37(56-57-45(40)51)36-14-12-13-15-39(36)60/h12-15,18-21,23,31,35,38,44,59-60H,5-11,16-17,22,24-30H2,1-4H3,(H2,51,57)(H,52,63)(H,53,61)(H,55,62)/t35-,38+,44-,49?,50?/m1/s1. The van der Waals surface area contributed by atoms with E-state index < -0.39 is 23.6 Å². The number of likely N-dealkylation sites (tertiary alicyclic amines) is 1. The van der Waals surface area contributed by atoms with Crippen molar-refractivity contribution in [1.82, 2.24) is 36.0 Å². The molecule has 15 nitrogen and oxygen atoms in total. The SMILES string of the molecule is Cc1ncsc1-c1ccc(CNC(=O)[C@@H]2C[C@@H](O)CN2C(=O)[C@@H](NC(=O)CCCCCCCCCC(=O)NCC23CC(COc4cc(-c5ccccc5O)nnc4N)(C2)C3)C(C)(C)C)cc1. The van der Waals surface area contributed by atoms with E-state index in [1.165, 1.54) is 4.90 Å². The summed E-state index contributed by atoms with van der Waals surface area (Å²) in [5, 5.41) is 38.0. The monoisotopic (exact) mass is 922 g/mol. The number of nitrogens with one attached hydrogen (secondary N) is 3. The summed E-state index contributed by atoms with van der Waals surface area (Å²) in [6.45, 7) is 9.15. The largest absolute Gasteiger partial charge is 0.507 e. The molecule has 4 amide bonds.